The molecule has 2 fully saturated rings. The number of imide groups is 1. The van der Waals surface area contributed by atoms with Crippen LogP contribution in [0.2, 0.25) is 5.02 Å². The van der Waals surface area contributed by atoms with E-state index >= 15 is 0 Å². The van der Waals surface area contributed by atoms with E-state index in [1.165, 1.54) is 6.07 Å². The zero-order chi connectivity index (χ0) is 26.9. The molecule has 0 bridgehead atoms. The van der Waals surface area contributed by atoms with Crippen molar-refractivity contribution < 1.29 is 41.0 Å². The Morgan fingerprint density at radius 3 is 2.41 bits per heavy atom. The normalized spacial score (nSPS) is 17.7. The van der Waals surface area contributed by atoms with Crippen LogP contribution >= 0.6 is 22.9 Å². The van der Waals surface area contributed by atoms with Gasteiger partial charge < -0.3 is 10.0 Å². The molecule has 1 aromatic heterocycles. The Kier molecular flexibility index (Phi) is 5.86. The predicted octanol–water partition coefficient (Wildman–Crippen LogP) is 5.58. The number of benzene rings is 2. The minimum atomic E-state index is -5.26. The molecule has 1 saturated carbocycles. The predicted molar refractivity (Wildman–Crippen MR) is 117 cm³/mol. The molecule has 194 valence electrons. The summed E-state index contributed by atoms with van der Waals surface area (Å²) in [5.74, 6) is -5.61. The van der Waals surface area contributed by atoms with Gasteiger partial charge in [-0.1, -0.05) is 29.0 Å². The van der Waals surface area contributed by atoms with Crippen LogP contribution in [0.5, 0.6) is 5.75 Å². The summed E-state index contributed by atoms with van der Waals surface area (Å²) in [6.45, 7) is -0.403. The number of hydrogen-bond donors (Lipinski definition) is 1. The number of phenolic OH excluding ortho intramolecular Hbond substituents is 1. The van der Waals surface area contributed by atoms with Gasteiger partial charge in [0.15, 0.2) is 17.6 Å². The zero-order valence-corrected chi connectivity index (χ0v) is 19.8. The van der Waals surface area contributed by atoms with E-state index in [1.807, 2.05) is 0 Å². The quantitative estimate of drug-likeness (QED) is 0.324. The molecule has 1 N–H and O–H groups in total. The van der Waals surface area contributed by atoms with E-state index in [0.717, 1.165) is 22.3 Å². The van der Waals surface area contributed by atoms with Crippen LogP contribution in [0.4, 0.5) is 31.1 Å². The van der Waals surface area contributed by atoms with Crippen LogP contribution in [0.1, 0.15) is 29.5 Å². The Bertz CT molecular complexity index is 1440. The Morgan fingerprint density at radius 1 is 1.08 bits per heavy atom. The minimum absolute atomic E-state index is 0.0415. The van der Waals surface area contributed by atoms with Crippen molar-refractivity contribution >= 4 is 34.9 Å². The monoisotopic (exact) mass is 562 g/mol. The van der Waals surface area contributed by atoms with E-state index in [2.05, 4.69) is 10.2 Å². The van der Waals surface area contributed by atoms with Gasteiger partial charge in [0.2, 0.25) is 0 Å². The molecule has 1 spiro atoms. The van der Waals surface area contributed by atoms with Gasteiger partial charge in [0.1, 0.15) is 27.2 Å². The highest BCUT2D eigenvalue weighted by atomic mass is 35.5. The third kappa shape index (κ3) is 4.07. The van der Waals surface area contributed by atoms with Crippen molar-refractivity contribution in [3.63, 3.8) is 0 Å². The number of nitrogens with zero attached hydrogens (tertiary/aromatic N) is 4. The van der Waals surface area contributed by atoms with Crippen molar-refractivity contribution in [1.82, 2.24) is 20.0 Å². The van der Waals surface area contributed by atoms with Crippen LogP contribution in [-0.2, 0) is 11.3 Å². The molecule has 0 radical (unpaired) electrons. The van der Waals surface area contributed by atoms with Crippen LogP contribution in [0, 0.1) is 17.5 Å². The first-order chi connectivity index (χ1) is 17.3. The number of hydrogen-bond acceptors (Lipinski definition) is 6. The van der Waals surface area contributed by atoms with Gasteiger partial charge in [0.25, 0.3) is 5.91 Å². The lowest BCUT2D eigenvalue weighted by atomic mass is 10.0. The lowest BCUT2D eigenvalue weighted by Gasteiger charge is -2.28. The molecular weight excluding hydrogens is 550 g/mol. The highest BCUT2D eigenvalue weighted by Gasteiger charge is 2.68. The molecule has 37 heavy (non-hydrogen) atoms. The Balaban J connectivity index is 1.48. The topological polar surface area (TPSA) is 86.6 Å². The molecule has 1 atom stereocenters. The first kappa shape index (κ1) is 25.3. The highest BCUT2D eigenvalue weighted by molar-refractivity contribution is 7.14. The number of aromatic hydroxyl groups is 1. The lowest BCUT2D eigenvalue weighted by molar-refractivity contribution is -0.183. The lowest BCUT2D eigenvalue weighted by Crippen LogP contribution is -2.43. The van der Waals surface area contributed by atoms with Crippen molar-refractivity contribution in [2.75, 3.05) is 0 Å². The molecule has 2 aromatic carbocycles. The van der Waals surface area contributed by atoms with Crippen LogP contribution in [-0.4, -0.2) is 48.8 Å². The number of alkyl halides is 3. The van der Waals surface area contributed by atoms with Gasteiger partial charge in [-0.3, -0.25) is 4.79 Å². The minimum Gasteiger partial charge on any atom is -0.504 e. The molecule has 1 saturated heterocycles. The molecule has 3 aromatic rings. The first-order valence-electron chi connectivity index (χ1n) is 10.5. The maximum atomic E-state index is 14.4. The van der Waals surface area contributed by atoms with Crippen LogP contribution in [0.3, 0.4) is 0 Å². The van der Waals surface area contributed by atoms with E-state index < -0.39 is 65.0 Å². The second-order valence-electron chi connectivity index (χ2n) is 8.44. The van der Waals surface area contributed by atoms with Gasteiger partial charge in [0.05, 0.1) is 11.6 Å². The smallest absolute Gasteiger partial charge is 0.413 e. The average Bonchev–Trinajstić information content (AvgIpc) is 3.45. The van der Waals surface area contributed by atoms with Crippen LogP contribution in [0.15, 0.2) is 30.3 Å². The van der Waals surface area contributed by atoms with Crippen LogP contribution < -0.4 is 0 Å². The summed E-state index contributed by atoms with van der Waals surface area (Å²) in [5, 5.41) is 17.4. The number of phenols is 1. The van der Waals surface area contributed by atoms with Crippen LogP contribution in [0.25, 0.3) is 10.6 Å². The molecule has 3 amide bonds. The molecule has 15 heteroatoms. The second kappa shape index (κ2) is 8.58. The van der Waals surface area contributed by atoms with Crippen molar-refractivity contribution in [1.29, 1.82) is 0 Å². The summed E-state index contributed by atoms with van der Waals surface area (Å²) in [5.41, 5.74) is -2.51. The van der Waals surface area contributed by atoms with Crippen molar-refractivity contribution in [3.05, 3.63) is 63.4 Å². The number of amides is 3. The molecule has 1 aliphatic carbocycles. The molecule has 7 nitrogen and oxygen atoms in total. The summed E-state index contributed by atoms with van der Waals surface area (Å²) >= 11 is 6.82. The standard InChI is InChI=1S/C22H13ClF6N4O3S/c23-15-11(3-4-12(25)16(15)34)18-31-30-14(37-18)8-32-20(36)33(19(35)21(32)5-6-21)17(22(27,28)29)10-2-1-9(24)7-13(10)26/h1-4,7,17,34H,5-6,8H2/t17-/m1/s1. The van der Waals surface area contributed by atoms with E-state index in [0.29, 0.717) is 12.1 Å². The number of aromatic nitrogens is 2. The highest BCUT2D eigenvalue weighted by Crippen LogP contribution is 2.53. The molecule has 0 unspecified atom stereocenters. The van der Waals surface area contributed by atoms with Crippen molar-refractivity contribution in [2.45, 2.75) is 37.1 Å². The summed E-state index contributed by atoms with van der Waals surface area (Å²) in [7, 11) is 0. The van der Waals surface area contributed by atoms with E-state index in [4.69, 9.17) is 11.6 Å². The molecule has 5 rings (SSSR count). The van der Waals surface area contributed by atoms with E-state index in [1.54, 1.807) is 0 Å². The third-order valence-corrected chi connectivity index (χ3v) is 7.50. The largest absolute Gasteiger partial charge is 0.504 e. The second-order valence-corrected chi connectivity index (χ2v) is 9.88. The fraction of sp³-hybridized carbons (Fsp3) is 0.273. The number of carbonyl (C=O) groups excluding carboxylic acids is 2. The Morgan fingerprint density at radius 2 is 1.78 bits per heavy atom. The van der Waals surface area contributed by atoms with Gasteiger partial charge in [-0.2, -0.15) is 13.2 Å². The zero-order valence-electron chi connectivity index (χ0n) is 18.2. The third-order valence-electron chi connectivity index (χ3n) is 6.18. The molecular formula is C22H13ClF6N4O3S. The van der Waals surface area contributed by atoms with E-state index in [-0.39, 0.29) is 44.4 Å². The fourth-order valence-electron chi connectivity index (χ4n) is 4.24. The van der Waals surface area contributed by atoms with Gasteiger partial charge >= 0.3 is 12.2 Å². The molecule has 2 heterocycles. The SMILES string of the molecule is O=C1N([C@H](c2ccc(F)cc2F)C(F)(F)F)C(=O)C2(CC2)N1Cc1nnc(-c2ccc(F)c(O)c2Cl)s1. The number of carbonyl (C=O) groups is 2. The summed E-state index contributed by atoms with van der Waals surface area (Å²) < 4.78 is 83.5. The maximum Gasteiger partial charge on any atom is 0.413 e. The first-order valence-corrected chi connectivity index (χ1v) is 11.7. The Labute approximate surface area is 212 Å². The van der Waals surface area contributed by atoms with E-state index in [9.17, 15) is 41.0 Å². The number of halogens is 7. The van der Waals surface area contributed by atoms with Gasteiger partial charge in [-0.05, 0) is 31.0 Å². The van der Waals surface area contributed by atoms with Crippen molar-refractivity contribution in [2.24, 2.45) is 0 Å². The van der Waals surface area contributed by atoms with Gasteiger partial charge in [-0.15, -0.1) is 10.2 Å². The fourth-order valence-corrected chi connectivity index (χ4v) is 5.40. The van der Waals surface area contributed by atoms with Gasteiger partial charge in [0, 0.05) is 17.2 Å². The van der Waals surface area contributed by atoms with Crippen molar-refractivity contribution in [3.8, 4) is 16.3 Å². The summed E-state index contributed by atoms with van der Waals surface area (Å²) in [6, 6.07) is -0.710. The average molecular weight is 563 g/mol. The summed E-state index contributed by atoms with van der Waals surface area (Å²) in [6.07, 6.45) is -5.10. The number of urea groups is 1. The van der Waals surface area contributed by atoms with Gasteiger partial charge in [-0.25, -0.2) is 22.9 Å². The maximum absolute atomic E-state index is 14.4. The molecule has 2 aliphatic rings. The Hall–Kier alpha value is -3.39. The summed E-state index contributed by atoms with van der Waals surface area (Å²) in [4.78, 5) is 27.2. The molecule has 1 aliphatic heterocycles. The number of rotatable bonds is 5.